The Morgan fingerprint density at radius 3 is 2.61 bits per heavy atom. The number of nitro benzene ring substituents is 1. The zero-order valence-electron chi connectivity index (χ0n) is 17.6. The van der Waals surface area contributed by atoms with Crippen LogP contribution >= 0.6 is 12.2 Å². The van der Waals surface area contributed by atoms with Crippen LogP contribution in [0.2, 0.25) is 0 Å². The van der Waals surface area contributed by atoms with E-state index < -0.39 is 10.8 Å². The molecule has 4 aromatic rings. The Bertz CT molecular complexity index is 1380. The highest BCUT2D eigenvalue weighted by Crippen LogP contribution is 2.27. The largest absolute Gasteiger partial charge is 0.497 e. The van der Waals surface area contributed by atoms with Crippen LogP contribution in [-0.4, -0.2) is 28.0 Å². The molecule has 166 valence electrons. The van der Waals surface area contributed by atoms with E-state index in [1.165, 1.54) is 25.1 Å². The number of aromatic nitrogens is 1. The number of amides is 1. The maximum atomic E-state index is 12.6. The summed E-state index contributed by atoms with van der Waals surface area (Å²) in [6.45, 7) is 1.52. The topological polar surface area (TPSA) is 120 Å². The van der Waals surface area contributed by atoms with Crippen LogP contribution in [0.4, 0.5) is 11.4 Å². The smallest absolute Gasteiger partial charge is 0.273 e. The van der Waals surface area contributed by atoms with Gasteiger partial charge in [-0.3, -0.25) is 20.2 Å². The van der Waals surface area contributed by atoms with Gasteiger partial charge in [-0.05, 0) is 67.7 Å². The quantitative estimate of drug-likeness (QED) is 0.245. The van der Waals surface area contributed by atoms with E-state index in [1.54, 1.807) is 25.3 Å². The molecule has 33 heavy (non-hydrogen) atoms. The molecule has 0 unspecified atom stereocenters. The molecule has 0 bridgehead atoms. The van der Waals surface area contributed by atoms with Gasteiger partial charge in [0, 0.05) is 28.4 Å². The van der Waals surface area contributed by atoms with Crippen molar-refractivity contribution in [2.24, 2.45) is 0 Å². The predicted octanol–water partition coefficient (Wildman–Crippen LogP) is 4.85. The number of hydrogen-bond donors (Lipinski definition) is 2. The van der Waals surface area contributed by atoms with Gasteiger partial charge in [0.25, 0.3) is 11.6 Å². The van der Waals surface area contributed by atoms with Gasteiger partial charge >= 0.3 is 0 Å². The van der Waals surface area contributed by atoms with E-state index in [9.17, 15) is 14.9 Å². The first-order chi connectivity index (χ1) is 15.9. The van der Waals surface area contributed by atoms with Gasteiger partial charge in [0.1, 0.15) is 11.3 Å². The van der Waals surface area contributed by atoms with Gasteiger partial charge in [0.15, 0.2) is 10.7 Å². The van der Waals surface area contributed by atoms with Gasteiger partial charge in [0.2, 0.25) is 5.89 Å². The van der Waals surface area contributed by atoms with Crippen molar-refractivity contribution in [3.63, 3.8) is 0 Å². The molecule has 1 heterocycles. The number of oxazole rings is 1. The Labute approximate surface area is 193 Å². The zero-order valence-corrected chi connectivity index (χ0v) is 18.4. The van der Waals surface area contributed by atoms with Crippen molar-refractivity contribution in [3.8, 4) is 17.2 Å². The van der Waals surface area contributed by atoms with Gasteiger partial charge in [-0.15, -0.1) is 0 Å². The van der Waals surface area contributed by atoms with E-state index in [2.05, 4.69) is 15.6 Å². The minimum atomic E-state index is -0.544. The highest BCUT2D eigenvalue weighted by Gasteiger charge is 2.18. The minimum absolute atomic E-state index is 0.0455. The number of benzene rings is 3. The summed E-state index contributed by atoms with van der Waals surface area (Å²) in [5.41, 5.74) is 2.89. The second-order valence-electron chi connectivity index (χ2n) is 7.05. The number of ether oxygens (including phenoxy) is 1. The Morgan fingerprint density at radius 2 is 1.91 bits per heavy atom. The van der Waals surface area contributed by atoms with Crippen LogP contribution in [0.15, 0.2) is 65.1 Å². The third-order valence-corrected chi connectivity index (χ3v) is 5.16. The number of nitrogens with one attached hydrogen (secondary N) is 2. The lowest BCUT2D eigenvalue weighted by atomic mass is 10.1. The van der Waals surface area contributed by atoms with Crippen molar-refractivity contribution in [2.45, 2.75) is 6.92 Å². The molecule has 0 saturated carbocycles. The first-order valence-electron chi connectivity index (χ1n) is 9.77. The van der Waals surface area contributed by atoms with Gasteiger partial charge in [-0.25, -0.2) is 4.98 Å². The molecule has 0 aliphatic carbocycles. The lowest BCUT2D eigenvalue weighted by Crippen LogP contribution is -2.34. The number of carbonyl (C=O) groups is 1. The Hall–Kier alpha value is -4.31. The van der Waals surface area contributed by atoms with Crippen molar-refractivity contribution in [1.82, 2.24) is 10.3 Å². The van der Waals surface area contributed by atoms with E-state index in [4.69, 9.17) is 21.4 Å². The molecule has 0 spiro atoms. The van der Waals surface area contributed by atoms with E-state index in [-0.39, 0.29) is 21.9 Å². The highest BCUT2D eigenvalue weighted by molar-refractivity contribution is 7.80. The summed E-state index contributed by atoms with van der Waals surface area (Å²) >= 11 is 5.24. The number of hydrogen-bond acceptors (Lipinski definition) is 7. The maximum absolute atomic E-state index is 12.6. The number of thiocarbonyl (C=S) groups is 1. The molecule has 10 heteroatoms. The molecular weight excluding hydrogens is 444 g/mol. The van der Waals surface area contributed by atoms with E-state index in [0.29, 0.717) is 22.7 Å². The van der Waals surface area contributed by atoms with Crippen molar-refractivity contribution >= 4 is 45.7 Å². The zero-order chi connectivity index (χ0) is 23.5. The van der Waals surface area contributed by atoms with Crippen LogP contribution in [0.25, 0.3) is 22.6 Å². The fourth-order valence-corrected chi connectivity index (χ4v) is 3.47. The summed E-state index contributed by atoms with van der Waals surface area (Å²) in [4.78, 5) is 27.6. The van der Waals surface area contributed by atoms with Crippen molar-refractivity contribution in [1.29, 1.82) is 0 Å². The van der Waals surface area contributed by atoms with E-state index in [0.717, 1.165) is 11.3 Å². The Morgan fingerprint density at radius 1 is 1.15 bits per heavy atom. The van der Waals surface area contributed by atoms with Crippen LogP contribution < -0.4 is 15.4 Å². The Kier molecular flexibility index (Phi) is 6.01. The third-order valence-electron chi connectivity index (χ3n) is 4.96. The summed E-state index contributed by atoms with van der Waals surface area (Å²) in [5.74, 6) is 0.650. The first kappa shape index (κ1) is 21.9. The Balaban J connectivity index is 1.48. The summed E-state index contributed by atoms with van der Waals surface area (Å²) in [6.07, 6.45) is 0. The molecule has 3 aromatic carbocycles. The number of methoxy groups -OCH3 is 1. The van der Waals surface area contributed by atoms with Gasteiger partial charge in [-0.2, -0.15) is 0 Å². The fraction of sp³-hybridized carbons (Fsp3) is 0.0870. The van der Waals surface area contributed by atoms with Crippen molar-refractivity contribution in [2.75, 3.05) is 12.4 Å². The minimum Gasteiger partial charge on any atom is -0.497 e. The van der Waals surface area contributed by atoms with Gasteiger partial charge in [-0.1, -0.05) is 6.07 Å². The second-order valence-corrected chi connectivity index (χ2v) is 7.45. The highest BCUT2D eigenvalue weighted by atomic mass is 32.1. The van der Waals surface area contributed by atoms with Crippen LogP contribution in [0.1, 0.15) is 15.9 Å². The molecule has 2 N–H and O–H groups in total. The average Bonchev–Trinajstić information content (AvgIpc) is 3.22. The van der Waals surface area contributed by atoms with Crippen LogP contribution in [0.5, 0.6) is 5.75 Å². The lowest BCUT2D eigenvalue weighted by Gasteiger charge is -2.11. The molecule has 0 saturated heterocycles. The second kappa shape index (κ2) is 9.05. The molecule has 4 rings (SSSR count). The molecule has 0 aliphatic heterocycles. The number of fused-ring (bicyclic) bond motifs is 1. The van der Waals surface area contributed by atoms with Crippen molar-refractivity contribution in [3.05, 3.63) is 81.9 Å². The number of rotatable bonds is 5. The number of nitro groups is 1. The van der Waals surface area contributed by atoms with E-state index >= 15 is 0 Å². The van der Waals surface area contributed by atoms with Crippen LogP contribution in [0.3, 0.4) is 0 Å². The average molecular weight is 462 g/mol. The summed E-state index contributed by atoms with van der Waals surface area (Å²) in [6, 6.07) is 16.9. The number of nitrogens with zero attached hydrogens (tertiary/aromatic N) is 2. The van der Waals surface area contributed by atoms with Crippen molar-refractivity contribution < 1.29 is 18.9 Å². The van der Waals surface area contributed by atoms with E-state index in [1.807, 2.05) is 24.3 Å². The molecule has 9 nitrogen and oxygen atoms in total. The molecular formula is C23H18N4O5S. The van der Waals surface area contributed by atoms with Gasteiger partial charge < -0.3 is 14.5 Å². The first-order valence-corrected chi connectivity index (χ1v) is 10.2. The summed E-state index contributed by atoms with van der Waals surface area (Å²) < 4.78 is 11.0. The standard InChI is InChI=1S/C23H18N4O5S/c1-13-17(4-3-5-19(13)27(29)30)21(28)26-23(33)24-15-8-11-20-18(12-15)25-22(32-20)14-6-9-16(31-2)10-7-14/h3-12H,1-2H3,(H2,24,26,28,33). The molecule has 1 aromatic heterocycles. The van der Waals surface area contributed by atoms with Gasteiger partial charge in [0.05, 0.1) is 12.0 Å². The SMILES string of the molecule is COc1ccc(-c2nc3cc(NC(=S)NC(=O)c4cccc([N+](=O)[O-])c4C)ccc3o2)cc1. The molecule has 0 fully saturated rings. The summed E-state index contributed by atoms with van der Waals surface area (Å²) in [7, 11) is 1.60. The lowest BCUT2D eigenvalue weighted by molar-refractivity contribution is -0.385. The third kappa shape index (κ3) is 4.65. The molecule has 1 amide bonds. The van der Waals surface area contributed by atoms with Crippen LogP contribution in [0, 0.1) is 17.0 Å². The fourth-order valence-electron chi connectivity index (χ4n) is 3.26. The molecule has 0 atom stereocenters. The molecule has 0 aliphatic rings. The normalized spacial score (nSPS) is 10.6. The predicted molar refractivity (Wildman–Crippen MR) is 128 cm³/mol. The maximum Gasteiger partial charge on any atom is 0.273 e. The number of carbonyl (C=O) groups excluding carboxylic acids is 1. The monoisotopic (exact) mass is 462 g/mol. The summed E-state index contributed by atoms with van der Waals surface area (Å²) in [5, 5.41) is 16.6. The molecule has 0 radical (unpaired) electrons. The van der Waals surface area contributed by atoms with Crippen LogP contribution in [-0.2, 0) is 0 Å². The number of anilines is 1.